The van der Waals surface area contributed by atoms with Gasteiger partial charge in [0.15, 0.2) is 0 Å². The van der Waals surface area contributed by atoms with Crippen molar-refractivity contribution in [1.29, 1.82) is 0 Å². The predicted molar refractivity (Wildman–Crippen MR) is 104 cm³/mol. The Hall–Kier alpha value is -3.33. The molecule has 0 unspecified atom stereocenters. The number of hydrogen-bond acceptors (Lipinski definition) is 6. The van der Waals surface area contributed by atoms with Crippen LogP contribution >= 0.6 is 11.3 Å². The number of methoxy groups -OCH3 is 1. The van der Waals surface area contributed by atoms with Gasteiger partial charge < -0.3 is 10.1 Å². The summed E-state index contributed by atoms with van der Waals surface area (Å²) < 4.78 is 18.3. The first-order valence-corrected chi connectivity index (χ1v) is 9.13. The summed E-state index contributed by atoms with van der Waals surface area (Å²) in [5, 5.41) is 14.1. The van der Waals surface area contributed by atoms with Crippen LogP contribution in [0.2, 0.25) is 0 Å². The SMILES string of the molecule is COc1ccc(-c2nnc(NC(=O)[C@H](C)NC(=O)c3cccc(F)c3)s2)cc1. The maximum Gasteiger partial charge on any atom is 0.252 e. The first-order valence-electron chi connectivity index (χ1n) is 8.31. The molecule has 2 N–H and O–H groups in total. The van der Waals surface area contributed by atoms with Crippen LogP contribution in [0, 0.1) is 5.82 Å². The Morgan fingerprint density at radius 2 is 1.89 bits per heavy atom. The van der Waals surface area contributed by atoms with Gasteiger partial charge in [0.1, 0.15) is 22.6 Å². The quantitative estimate of drug-likeness (QED) is 0.663. The number of halogens is 1. The fraction of sp³-hybridized carbons (Fsp3) is 0.158. The third-order valence-corrected chi connectivity index (χ3v) is 4.71. The molecule has 3 aromatic rings. The van der Waals surface area contributed by atoms with Gasteiger partial charge >= 0.3 is 0 Å². The van der Waals surface area contributed by atoms with Crippen LogP contribution in [0.15, 0.2) is 48.5 Å². The second-order valence-corrected chi connectivity index (χ2v) is 6.81. The Labute approximate surface area is 164 Å². The fourth-order valence-corrected chi connectivity index (χ4v) is 3.06. The van der Waals surface area contributed by atoms with Crippen molar-refractivity contribution in [2.45, 2.75) is 13.0 Å². The summed E-state index contributed by atoms with van der Waals surface area (Å²) in [6.07, 6.45) is 0. The van der Waals surface area contributed by atoms with Crippen molar-refractivity contribution < 1.29 is 18.7 Å². The van der Waals surface area contributed by atoms with E-state index >= 15 is 0 Å². The van der Waals surface area contributed by atoms with Crippen molar-refractivity contribution in [3.8, 4) is 16.3 Å². The number of nitrogens with zero attached hydrogens (tertiary/aromatic N) is 2. The Kier molecular flexibility index (Phi) is 5.95. The molecule has 0 aliphatic rings. The molecule has 0 saturated heterocycles. The number of carbonyl (C=O) groups is 2. The number of benzene rings is 2. The van der Waals surface area contributed by atoms with Gasteiger partial charge in [0.25, 0.3) is 5.91 Å². The monoisotopic (exact) mass is 400 g/mol. The zero-order valence-corrected chi connectivity index (χ0v) is 15.9. The molecule has 2 amide bonds. The lowest BCUT2D eigenvalue weighted by atomic mass is 10.2. The van der Waals surface area contributed by atoms with E-state index in [4.69, 9.17) is 4.74 Å². The van der Waals surface area contributed by atoms with Crippen LogP contribution < -0.4 is 15.4 Å². The molecule has 0 aliphatic heterocycles. The van der Waals surface area contributed by atoms with Gasteiger partial charge in [-0.15, -0.1) is 10.2 Å². The summed E-state index contributed by atoms with van der Waals surface area (Å²) in [5.41, 5.74) is 0.976. The molecular weight excluding hydrogens is 383 g/mol. The molecule has 3 rings (SSSR count). The lowest BCUT2D eigenvalue weighted by Gasteiger charge is -2.12. The average molecular weight is 400 g/mol. The van der Waals surface area contributed by atoms with E-state index in [9.17, 15) is 14.0 Å². The number of hydrogen-bond donors (Lipinski definition) is 2. The van der Waals surface area contributed by atoms with Crippen molar-refractivity contribution in [3.05, 3.63) is 59.9 Å². The van der Waals surface area contributed by atoms with Crippen molar-refractivity contribution in [2.75, 3.05) is 12.4 Å². The first-order chi connectivity index (χ1) is 13.5. The molecule has 9 heteroatoms. The second kappa shape index (κ2) is 8.57. The molecule has 0 aliphatic carbocycles. The van der Waals surface area contributed by atoms with Crippen molar-refractivity contribution >= 4 is 28.3 Å². The minimum atomic E-state index is -0.843. The Morgan fingerprint density at radius 1 is 1.14 bits per heavy atom. The summed E-state index contributed by atoms with van der Waals surface area (Å²) >= 11 is 1.21. The summed E-state index contributed by atoms with van der Waals surface area (Å²) in [6, 6.07) is 11.7. The van der Waals surface area contributed by atoms with Crippen LogP contribution in [-0.2, 0) is 4.79 Å². The van der Waals surface area contributed by atoms with Crippen LogP contribution in [0.4, 0.5) is 9.52 Å². The van der Waals surface area contributed by atoms with Crippen LogP contribution in [-0.4, -0.2) is 35.2 Å². The number of anilines is 1. The van der Waals surface area contributed by atoms with Gasteiger partial charge in [0, 0.05) is 11.1 Å². The van der Waals surface area contributed by atoms with Gasteiger partial charge in [-0.05, 0) is 49.4 Å². The highest BCUT2D eigenvalue weighted by molar-refractivity contribution is 7.18. The molecule has 0 bridgehead atoms. The number of ether oxygens (including phenoxy) is 1. The molecule has 0 fully saturated rings. The zero-order valence-electron chi connectivity index (χ0n) is 15.1. The Balaban J connectivity index is 1.61. The first kappa shape index (κ1) is 19.4. The van der Waals surface area contributed by atoms with Gasteiger partial charge in [-0.2, -0.15) is 0 Å². The van der Waals surface area contributed by atoms with Gasteiger partial charge in [-0.1, -0.05) is 17.4 Å². The lowest BCUT2D eigenvalue weighted by molar-refractivity contribution is -0.117. The summed E-state index contributed by atoms with van der Waals surface area (Å²) in [5.74, 6) is -0.796. The number of amides is 2. The van der Waals surface area contributed by atoms with Gasteiger partial charge in [-0.25, -0.2) is 4.39 Å². The molecule has 0 spiro atoms. The summed E-state index contributed by atoms with van der Waals surface area (Å²) in [6.45, 7) is 1.53. The molecule has 1 atom stereocenters. The smallest absolute Gasteiger partial charge is 0.252 e. The van der Waals surface area contributed by atoms with Gasteiger partial charge in [-0.3, -0.25) is 14.9 Å². The van der Waals surface area contributed by atoms with E-state index in [1.165, 1.54) is 36.5 Å². The highest BCUT2D eigenvalue weighted by atomic mass is 32.1. The van der Waals surface area contributed by atoms with Crippen molar-refractivity contribution in [1.82, 2.24) is 15.5 Å². The zero-order chi connectivity index (χ0) is 20.1. The molecule has 0 saturated carbocycles. The van der Waals surface area contributed by atoms with Crippen LogP contribution in [0.25, 0.3) is 10.6 Å². The summed E-state index contributed by atoms with van der Waals surface area (Å²) in [4.78, 5) is 24.4. The third kappa shape index (κ3) is 4.68. The van der Waals surface area contributed by atoms with E-state index in [0.717, 1.165) is 17.4 Å². The maximum absolute atomic E-state index is 13.2. The number of carbonyl (C=O) groups excluding carboxylic acids is 2. The standard InChI is InChI=1S/C19H17FN4O3S/c1-11(21-17(26)13-4-3-5-14(20)10-13)16(25)22-19-24-23-18(28-19)12-6-8-15(27-2)9-7-12/h3-11H,1-2H3,(H,21,26)(H,22,24,25)/t11-/m0/s1. The molecule has 7 nitrogen and oxygen atoms in total. The molecule has 144 valence electrons. The van der Waals surface area contributed by atoms with E-state index in [2.05, 4.69) is 20.8 Å². The van der Waals surface area contributed by atoms with Crippen LogP contribution in [0.1, 0.15) is 17.3 Å². The van der Waals surface area contributed by atoms with E-state index in [1.54, 1.807) is 19.2 Å². The normalized spacial score (nSPS) is 11.5. The van der Waals surface area contributed by atoms with E-state index in [-0.39, 0.29) is 5.56 Å². The summed E-state index contributed by atoms with van der Waals surface area (Å²) in [7, 11) is 1.59. The van der Waals surface area contributed by atoms with E-state index in [0.29, 0.717) is 10.1 Å². The predicted octanol–water partition coefficient (Wildman–Crippen LogP) is 3.11. The van der Waals surface area contributed by atoms with Gasteiger partial charge in [0.2, 0.25) is 11.0 Å². The molecule has 0 radical (unpaired) electrons. The molecule has 1 aromatic heterocycles. The van der Waals surface area contributed by atoms with Gasteiger partial charge in [0.05, 0.1) is 7.11 Å². The molecule has 1 heterocycles. The molecule has 2 aromatic carbocycles. The fourth-order valence-electron chi connectivity index (χ4n) is 2.31. The molecular formula is C19H17FN4O3S. The largest absolute Gasteiger partial charge is 0.497 e. The van der Waals surface area contributed by atoms with E-state index < -0.39 is 23.7 Å². The van der Waals surface area contributed by atoms with E-state index in [1.807, 2.05) is 12.1 Å². The number of rotatable bonds is 6. The van der Waals surface area contributed by atoms with Crippen molar-refractivity contribution in [3.63, 3.8) is 0 Å². The van der Waals surface area contributed by atoms with Crippen molar-refractivity contribution in [2.24, 2.45) is 0 Å². The Morgan fingerprint density at radius 3 is 2.57 bits per heavy atom. The van der Waals surface area contributed by atoms with Crippen LogP contribution in [0.3, 0.4) is 0 Å². The topological polar surface area (TPSA) is 93.2 Å². The second-order valence-electron chi connectivity index (χ2n) is 5.84. The minimum absolute atomic E-state index is 0.136. The minimum Gasteiger partial charge on any atom is -0.497 e. The molecule has 28 heavy (non-hydrogen) atoms. The average Bonchev–Trinajstić information content (AvgIpc) is 3.16. The lowest BCUT2D eigenvalue weighted by Crippen LogP contribution is -2.41. The third-order valence-electron chi connectivity index (χ3n) is 3.82. The maximum atomic E-state index is 13.2. The highest BCUT2D eigenvalue weighted by Crippen LogP contribution is 2.27. The Bertz CT molecular complexity index is 991. The number of aromatic nitrogens is 2. The number of nitrogens with one attached hydrogen (secondary N) is 2. The highest BCUT2D eigenvalue weighted by Gasteiger charge is 2.19. The van der Waals surface area contributed by atoms with Crippen LogP contribution in [0.5, 0.6) is 5.75 Å².